The van der Waals surface area contributed by atoms with Gasteiger partial charge in [-0.15, -0.1) is 0 Å². The van der Waals surface area contributed by atoms with Crippen LogP contribution in [-0.2, 0) is 16.1 Å². The van der Waals surface area contributed by atoms with Gasteiger partial charge in [-0.2, -0.15) is 5.10 Å². The van der Waals surface area contributed by atoms with Gasteiger partial charge in [-0.25, -0.2) is 4.68 Å². The minimum Gasteiger partial charge on any atom is -0.481 e. The molecule has 1 amide bonds. The van der Waals surface area contributed by atoms with Crippen LogP contribution < -0.4 is 5.32 Å². The first-order valence-electron chi connectivity index (χ1n) is 8.08. The van der Waals surface area contributed by atoms with Gasteiger partial charge in [0.1, 0.15) is 0 Å². The van der Waals surface area contributed by atoms with Crippen molar-refractivity contribution in [1.82, 2.24) is 15.1 Å². The van der Waals surface area contributed by atoms with Gasteiger partial charge in [-0.3, -0.25) is 9.59 Å². The number of nitrogens with zero attached hydrogens (tertiary/aromatic N) is 2. The van der Waals surface area contributed by atoms with Gasteiger partial charge in [-0.1, -0.05) is 32.0 Å². The number of carboxylic acids is 1. The van der Waals surface area contributed by atoms with Crippen LogP contribution in [0.15, 0.2) is 42.7 Å². The molecule has 126 valence electrons. The van der Waals surface area contributed by atoms with Gasteiger partial charge in [0, 0.05) is 18.3 Å². The molecular formula is C18H21N3O3. The van der Waals surface area contributed by atoms with E-state index in [1.165, 1.54) is 0 Å². The third kappa shape index (κ3) is 2.91. The van der Waals surface area contributed by atoms with Crippen LogP contribution in [-0.4, -0.2) is 26.8 Å². The van der Waals surface area contributed by atoms with Crippen LogP contribution in [0.1, 0.15) is 19.4 Å². The molecule has 1 aliphatic carbocycles. The van der Waals surface area contributed by atoms with Crippen LogP contribution in [0.4, 0.5) is 0 Å². The van der Waals surface area contributed by atoms with Crippen molar-refractivity contribution in [2.75, 3.05) is 0 Å². The predicted molar refractivity (Wildman–Crippen MR) is 88.4 cm³/mol. The van der Waals surface area contributed by atoms with E-state index in [1.54, 1.807) is 10.9 Å². The van der Waals surface area contributed by atoms with Crippen molar-refractivity contribution in [3.05, 3.63) is 48.3 Å². The minimum atomic E-state index is -0.891. The van der Waals surface area contributed by atoms with E-state index in [-0.39, 0.29) is 17.7 Å². The molecule has 0 bridgehead atoms. The molecule has 1 fully saturated rings. The fourth-order valence-electron chi connectivity index (χ4n) is 3.42. The zero-order valence-corrected chi connectivity index (χ0v) is 13.7. The summed E-state index contributed by atoms with van der Waals surface area (Å²) in [5, 5.41) is 16.4. The fraction of sp³-hybridized carbons (Fsp3) is 0.389. The zero-order valence-electron chi connectivity index (χ0n) is 13.7. The maximum atomic E-state index is 12.3. The summed E-state index contributed by atoms with van der Waals surface area (Å²) in [5.41, 5.74) is 1.82. The molecule has 6 nitrogen and oxygen atoms in total. The number of rotatable bonds is 5. The van der Waals surface area contributed by atoms with Crippen molar-refractivity contribution < 1.29 is 14.7 Å². The maximum absolute atomic E-state index is 12.3. The van der Waals surface area contributed by atoms with Crippen LogP contribution in [0.3, 0.4) is 0 Å². The molecule has 6 heteroatoms. The molecule has 0 radical (unpaired) electrons. The van der Waals surface area contributed by atoms with Crippen molar-refractivity contribution in [2.45, 2.75) is 20.4 Å². The Hall–Kier alpha value is -2.63. The monoisotopic (exact) mass is 327 g/mol. The van der Waals surface area contributed by atoms with Crippen molar-refractivity contribution in [3.63, 3.8) is 0 Å². The number of carboxylic acid groups (broad SMARTS) is 1. The van der Waals surface area contributed by atoms with Crippen molar-refractivity contribution in [3.8, 4) is 5.69 Å². The normalized spacial score (nSPS) is 25.8. The number of para-hydroxylation sites is 1. The Bertz CT molecular complexity index is 741. The van der Waals surface area contributed by atoms with Gasteiger partial charge >= 0.3 is 5.97 Å². The van der Waals surface area contributed by atoms with Crippen LogP contribution in [0, 0.1) is 23.7 Å². The first-order chi connectivity index (χ1) is 11.5. The molecule has 0 spiro atoms. The fourth-order valence-corrected chi connectivity index (χ4v) is 3.42. The topological polar surface area (TPSA) is 84.2 Å². The highest BCUT2D eigenvalue weighted by atomic mass is 16.4. The summed E-state index contributed by atoms with van der Waals surface area (Å²) in [6.07, 6.45) is 3.56. The number of carbonyl (C=O) groups is 2. The third-order valence-corrected chi connectivity index (χ3v) is 5.06. The highest BCUT2D eigenvalue weighted by molar-refractivity contribution is 5.87. The number of aliphatic carboxylic acids is 1. The Kier molecular flexibility index (Phi) is 4.38. The van der Waals surface area contributed by atoms with E-state index in [9.17, 15) is 14.7 Å². The van der Waals surface area contributed by atoms with E-state index in [0.29, 0.717) is 6.54 Å². The second-order valence-corrected chi connectivity index (χ2v) is 6.45. The molecule has 1 aliphatic rings. The van der Waals surface area contributed by atoms with E-state index >= 15 is 0 Å². The van der Waals surface area contributed by atoms with Gasteiger partial charge in [0.2, 0.25) is 5.91 Å². The average Bonchev–Trinajstić information content (AvgIpc) is 3.06. The Morgan fingerprint density at radius 2 is 1.83 bits per heavy atom. The summed E-state index contributed by atoms with van der Waals surface area (Å²) in [7, 11) is 0. The van der Waals surface area contributed by atoms with E-state index in [0.717, 1.165) is 11.3 Å². The van der Waals surface area contributed by atoms with Crippen molar-refractivity contribution in [2.24, 2.45) is 23.7 Å². The van der Waals surface area contributed by atoms with Gasteiger partial charge in [0.05, 0.1) is 23.7 Å². The lowest BCUT2D eigenvalue weighted by molar-refractivity contribution is -0.164. The molecule has 4 atom stereocenters. The third-order valence-electron chi connectivity index (χ3n) is 5.06. The van der Waals surface area contributed by atoms with Gasteiger partial charge in [0.15, 0.2) is 0 Å². The quantitative estimate of drug-likeness (QED) is 0.881. The van der Waals surface area contributed by atoms with Crippen LogP contribution in [0.2, 0.25) is 0 Å². The first kappa shape index (κ1) is 16.2. The van der Waals surface area contributed by atoms with E-state index in [1.807, 2.05) is 50.4 Å². The lowest BCUT2D eigenvalue weighted by Crippen LogP contribution is -2.54. The van der Waals surface area contributed by atoms with E-state index in [4.69, 9.17) is 0 Å². The lowest BCUT2D eigenvalue weighted by atomic mass is 9.57. The number of nitrogens with one attached hydrogen (secondary N) is 1. The molecule has 1 aromatic carbocycles. The summed E-state index contributed by atoms with van der Waals surface area (Å²) in [4.78, 5) is 23.6. The van der Waals surface area contributed by atoms with Gasteiger partial charge in [0.25, 0.3) is 0 Å². The lowest BCUT2D eigenvalue weighted by Gasteiger charge is -2.45. The first-order valence-corrected chi connectivity index (χ1v) is 8.08. The molecule has 1 saturated carbocycles. The predicted octanol–water partition coefficient (Wildman–Crippen LogP) is 2.09. The Balaban J connectivity index is 1.61. The van der Waals surface area contributed by atoms with E-state index in [2.05, 4.69) is 10.4 Å². The molecular weight excluding hydrogens is 306 g/mol. The maximum Gasteiger partial charge on any atom is 0.307 e. The smallest absolute Gasteiger partial charge is 0.307 e. The van der Waals surface area contributed by atoms with Crippen molar-refractivity contribution in [1.29, 1.82) is 0 Å². The molecule has 0 aliphatic heterocycles. The molecule has 24 heavy (non-hydrogen) atoms. The molecule has 1 aromatic heterocycles. The van der Waals surface area contributed by atoms with E-state index < -0.39 is 17.8 Å². The molecule has 3 rings (SSSR count). The summed E-state index contributed by atoms with van der Waals surface area (Å²) >= 11 is 0. The number of carbonyl (C=O) groups excluding carboxylic acids is 1. The SMILES string of the molecule is CC1C(C)[C@H](C(=O)NCc2cnn(-c3ccccc3)c2)[C@@H]1C(=O)O. The standard InChI is InChI=1S/C18H21N3O3/c1-11-12(2)16(18(23)24)15(11)17(22)19-8-13-9-20-21(10-13)14-6-4-3-5-7-14/h3-7,9-12,15-16H,8H2,1-2H3,(H,19,22)(H,23,24)/t11?,12?,15-,16+/m0/s1. The number of amides is 1. The Morgan fingerprint density at radius 1 is 1.17 bits per heavy atom. The highest BCUT2D eigenvalue weighted by Gasteiger charge is 2.52. The summed E-state index contributed by atoms with van der Waals surface area (Å²) in [6.45, 7) is 4.16. The highest BCUT2D eigenvalue weighted by Crippen LogP contribution is 2.45. The van der Waals surface area contributed by atoms with Crippen molar-refractivity contribution >= 4 is 11.9 Å². The Labute approximate surface area is 140 Å². The zero-order chi connectivity index (χ0) is 17.3. The average molecular weight is 327 g/mol. The Morgan fingerprint density at radius 3 is 2.50 bits per heavy atom. The number of benzene rings is 1. The van der Waals surface area contributed by atoms with Gasteiger partial charge < -0.3 is 10.4 Å². The van der Waals surface area contributed by atoms with Crippen LogP contribution >= 0.6 is 0 Å². The number of hydrogen-bond acceptors (Lipinski definition) is 3. The summed E-state index contributed by atoms with van der Waals surface area (Å²) < 4.78 is 1.75. The second-order valence-electron chi connectivity index (χ2n) is 6.45. The van der Waals surface area contributed by atoms with Gasteiger partial charge in [-0.05, 0) is 24.0 Å². The number of hydrogen-bond donors (Lipinski definition) is 2. The molecule has 2 N–H and O–H groups in total. The molecule has 1 heterocycles. The second kappa shape index (κ2) is 6.47. The summed E-state index contributed by atoms with van der Waals surface area (Å²) in [5.74, 6) is -2.02. The van der Waals surface area contributed by atoms with Crippen LogP contribution in [0.5, 0.6) is 0 Å². The molecule has 2 unspecified atom stereocenters. The number of aromatic nitrogens is 2. The largest absolute Gasteiger partial charge is 0.481 e. The minimum absolute atomic E-state index is 0.0269. The summed E-state index contributed by atoms with van der Waals surface area (Å²) in [6, 6.07) is 9.70. The molecule has 0 saturated heterocycles. The van der Waals surface area contributed by atoms with Crippen LogP contribution in [0.25, 0.3) is 5.69 Å². The molecule has 2 aromatic rings.